The van der Waals surface area contributed by atoms with Crippen molar-refractivity contribution in [3.63, 3.8) is 0 Å². The molecule has 0 atom stereocenters. The Morgan fingerprint density at radius 1 is 1.37 bits per heavy atom. The van der Waals surface area contributed by atoms with E-state index in [1.165, 1.54) is 11.3 Å². The molecule has 19 heavy (non-hydrogen) atoms. The summed E-state index contributed by atoms with van der Waals surface area (Å²) in [6.07, 6.45) is 0.565. The number of carboxylic acid groups (broad SMARTS) is 1. The van der Waals surface area contributed by atoms with Gasteiger partial charge in [-0.25, -0.2) is 17.9 Å². The first kappa shape index (κ1) is 13.8. The first-order valence-electron chi connectivity index (χ1n) is 5.33. The van der Waals surface area contributed by atoms with Gasteiger partial charge in [0.05, 0.1) is 0 Å². The largest absolute Gasteiger partial charge is 0.475 e. The molecular formula is C11H11NO5S2. The van der Waals surface area contributed by atoms with E-state index in [4.69, 9.17) is 9.52 Å². The summed E-state index contributed by atoms with van der Waals surface area (Å²) in [7, 11) is -3.80. The van der Waals surface area contributed by atoms with E-state index in [1.54, 1.807) is 0 Å². The van der Waals surface area contributed by atoms with Gasteiger partial charge in [-0.3, -0.25) is 0 Å². The highest BCUT2D eigenvalue weighted by Crippen LogP contribution is 2.14. The topological polar surface area (TPSA) is 96.6 Å². The molecule has 0 aliphatic carbocycles. The minimum atomic E-state index is -3.80. The van der Waals surface area contributed by atoms with Crippen molar-refractivity contribution in [1.82, 2.24) is 4.72 Å². The lowest BCUT2D eigenvalue weighted by atomic mass is 10.2. The van der Waals surface area contributed by atoms with Gasteiger partial charge in [0.1, 0.15) is 0 Å². The molecule has 0 aliphatic heterocycles. The summed E-state index contributed by atoms with van der Waals surface area (Å²) < 4.78 is 30.7. The maximum atomic E-state index is 11.8. The van der Waals surface area contributed by atoms with Crippen molar-refractivity contribution in [2.75, 3.05) is 6.54 Å². The van der Waals surface area contributed by atoms with Crippen LogP contribution in [-0.4, -0.2) is 26.0 Å². The number of furan rings is 1. The van der Waals surface area contributed by atoms with Crippen LogP contribution in [0.4, 0.5) is 0 Å². The van der Waals surface area contributed by atoms with Crippen LogP contribution in [0, 0.1) is 0 Å². The molecule has 0 amide bonds. The van der Waals surface area contributed by atoms with Crippen LogP contribution in [0.1, 0.15) is 16.1 Å². The van der Waals surface area contributed by atoms with Crippen molar-refractivity contribution >= 4 is 27.3 Å². The number of carbonyl (C=O) groups is 1. The standard InChI is InChI=1S/C11H11NO5S2/c13-11(14)9-1-2-10(17-9)19(15,16)12-5-3-8-4-6-18-7-8/h1-2,4,6-7,12H,3,5H2,(H,13,14). The van der Waals surface area contributed by atoms with Crippen LogP contribution in [0.25, 0.3) is 0 Å². The second-order valence-corrected chi connectivity index (χ2v) is 6.18. The molecule has 8 heteroatoms. The van der Waals surface area contributed by atoms with Crippen LogP contribution in [0.15, 0.2) is 38.5 Å². The Hall–Kier alpha value is -1.64. The number of rotatable bonds is 6. The van der Waals surface area contributed by atoms with E-state index in [0.717, 1.165) is 17.7 Å². The molecule has 2 aromatic rings. The molecule has 2 heterocycles. The van der Waals surface area contributed by atoms with E-state index in [0.29, 0.717) is 6.42 Å². The Labute approximate surface area is 113 Å². The third kappa shape index (κ3) is 3.43. The minimum absolute atomic E-state index is 0.224. The van der Waals surface area contributed by atoms with E-state index in [1.807, 2.05) is 16.8 Å². The van der Waals surface area contributed by atoms with E-state index in [9.17, 15) is 13.2 Å². The van der Waals surface area contributed by atoms with E-state index in [-0.39, 0.29) is 6.54 Å². The molecule has 0 aromatic carbocycles. The zero-order valence-electron chi connectivity index (χ0n) is 9.70. The van der Waals surface area contributed by atoms with Crippen molar-refractivity contribution in [3.05, 3.63) is 40.3 Å². The van der Waals surface area contributed by atoms with Crippen LogP contribution >= 0.6 is 11.3 Å². The number of aromatic carboxylic acids is 1. The number of nitrogens with one attached hydrogen (secondary N) is 1. The van der Waals surface area contributed by atoms with Gasteiger partial charge in [-0.15, -0.1) is 0 Å². The fourth-order valence-electron chi connectivity index (χ4n) is 1.42. The Morgan fingerprint density at radius 3 is 2.74 bits per heavy atom. The highest BCUT2D eigenvalue weighted by atomic mass is 32.2. The summed E-state index contributed by atoms with van der Waals surface area (Å²) in [6, 6.07) is 4.14. The number of sulfonamides is 1. The van der Waals surface area contributed by atoms with Crippen LogP contribution in [0.3, 0.4) is 0 Å². The lowest BCUT2D eigenvalue weighted by Crippen LogP contribution is -2.25. The van der Waals surface area contributed by atoms with Gasteiger partial charge in [0.2, 0.25) is 10.9 Å². The zero-order valence-corrected chi connectivity index (χ0v) is 11.3. The van der Waals surface area contributed by atoms with Crippen LogP contribution < -0.4 is 4.72 Å². The summed E-state index contributed by atoms with van der Waals surface area (Å²) in [6.45, 7) is 0.224. The molecule has 102 valence electrons. The zero-order chi connectivity index (χ0) is 13.9. The molecule has 0 bridgehead atoms. The van der Waals surface area contributed by atoms with Crippen LogP contribution in [-0.2, 0) is 16.4 Å². The van der Waals surface area contributed by atoms with Gasteiger partial charge in [0.15, 0.2) is 0 Å². The van der Waals surface area contributed by atoms with Crippen LogP contribution in [0.2, 0.25) is 0 Å². The van der Waals surface area contributed by atoms with E-state index < -0.39 is 26.8 Å². The van der Waals surface area contributed by atoms with Gasteiger partial charge < -0.3 is 9.52 Å². The van der Waals surface area contributed by atoms with Gasteiger partial charge in [0.25, 0.3) is 10.0 Å². The molecule has 2 rings (SSSR count). The molecule has 2 aromatic heterocycles. The van der Waals surface area contributed by atoms with E-state index >= 15 is 0 Å². The van der Waals surface area contributed by atoms with Gasteiger partial charge in [-0.05, 0) is 40.9 Å². The van der Waals surface area contributed by atoms with Crippen molar-refractivity contribution in [1.29, 1.82) is 0 Å². The van der Waals surface area contributed by atoms with Gasteiger partial charge in [-0.1, -0.05) is 0 Å². The molecule has 6 nitrogen and oxygen atoms in total. The van der Waals surface area contributed by atoms with Gasteiger partial charge in [-0.2, -0.15) is 11.3 Å². The fourth-order valence-corrected chi connectivity index (χ4v) is 3.08. The predicted molar refractivity (Wildman–Crippen MR) is 68.9 cm³/mol. The van der Waals surface area contributed by atoms with Crippen molar-refractivity contribution in [3.8, 4) is 0 Å². The first-order valence-corrected chi connectivity index (χ1v) is 7.75. The van der Waals surface area contributed by atoms with Gasteiger partial charge in [0, 0.05) is 6.54 Å². The third-order valence-corrected chi connectivity index (χ3v) is 4.41. The Morgan fingerprint density at radius 2 is 2.16 bits per heavy atom. The lowest BCUT2D eigenvalue weighted by Gasteiger charge is -2.02. The lowest BCUT2D eigenvalue weighted by molar-refractivity contribution is 0.0656. The Kier molecular flexibility index (Phi) is 4.03. The fraction of sp³-hybridized carbons (Fsp3) is 0.182. The molecular weight excluding hydrogens is 290 g/mol. The molecule has 0 radical (unpaired) electrons. The summed E-state index contributed by atoms with van der Waals surface area (Å²) in [4.78, 5) is 10.6. The van der Waals surface area contributed by atoms with E-state index in [2.05, 4.69) is 4.72 Å². The third-order valence-electron chi connectivity index (χ3n) is 2.34. The first-order chi connectivity index (χ1) is 8.99. The Balaban J connectivity index is 1.99. The Bertz CT molecular complexity index is 657. The highest BCUT2D eigenvalue weighted by Gasteiger charge is 2.20. The molecule has 0 fully saturated rings. The van der Waals surface area contributed by atoms with Crippen molar-refractivity contribution in [2.24, 2.45) is 0 Å². The molecule has 0 spiro atoms. The summed E-state index contributed by atoms with van der Waals surface area (Å²) in [5, 5.41) is 12.1. The number of thiophene rings is 1. The highest BCUT2D eigenvalue weighted by molar-refractivity contribution is 7.89. The number of hydrogen-bond acceptors (Lipinski definition) is 5. The minimum Gasteiger partial charge on any atom is -0.475 e. The second-order valence-electron chi connectivity index (χ2n) is 3.70. The smallest absolute Gasteiger partial charge is 0.371 e. The SMILES string of the molecule is O=C(O)c1ccc(S(=O)(=O)NCCc2ccsc2)o1. The predicted octanol–water partition coefficient (Wildman–Crippen LogP) is 1.56. The summed E-state index contributed by atoms with van der Waals surface area (Å²) in [5.74, 6) is -1.71. The van der Waals surface area contributed by atoms with Crippen molar-refractivity contribution in [2.45, 2.75) is 11.5 Å². The molecule has 0 unspecified atom stereocenters. The monoisotopic (exact) mass is 301 g/mol. The summed E-state index contributed by atoms with van der Waals surface area (Å²) >= 11 is 1.54. The molecule has 0 saturated heterocycles. The van der Waals surface area contributed by atoms with Crippen molar-refractivity contribution < 1.29 is 22.7 Å². The maximum absolute atomic E-state index is 11.8. The average Bonchev–Trinajstić information content (AvgIpc) is 2.99. The maximum Gasteiger partial charge on any atom is 0.371 e. The van der Waals surface area contributed by atoms with Gasteiger partial charge >= 0.3 is 5.97 Å². The molecule has 2 N–H and O–H groups in total. The second kappa shape index (κ2) is 5.55. The number of carboxylic acids is 1. The quantitative estimate of drug-likeness (QED) is 0.844. The van der Waals surface area contributed by atoms with Crippen LogP contribution in [0.5, 0.6) is 0 Å². The average molecular weight is 301 g/mol. The summed E-state index contributed by atoms with van der Waals surface area (Å²) in [5.41, 5.74) is 1.04. The molecule has 0 saturated carbocycles. The normalized spacial score (nSPS) is 11.6. The number of hydrogen-bond donors (Lipinski definition) is 2. The molecule has 0 aliphatic rings.